The summed E-state index contributed by atoms with van der Waals surface area (Å²) in [5.74, 6) is 0. The largest absolute Gasteiger partial charge is 0.328 e. The third-order valence-corrected chi connectivity index (χ3v) is 6.51. The summed E-state index contributed by atoms with van der Waals surface area (Å²) in [7, 11) is 9.71. The van der Waals surface area contributed by atoms with Crippen molar-refractivity contribution in [3.63, 3.8) is 0 Å². The van der Waals surface area contributed by atoms with E-state index in [2.05, 4.69) is 42.0 Å². The molecule has 0 N–H and O–H groups in total. The number of hydrogen-bond donors (Lipinski definition) is 0. The highest BCUT2D eigenvalue weighted by Gasteiger charge is 2.14. The second kappa shape index (κ2) is 17.8. The first kappa shape index (κ1) is 27.9. The van der Waals surface area contributed by atoms with Gasteiger partial charge in [0, 0.05) is 0 Å². The van der Waals surface area contributed by atoms with Crippen molar-refractivity contribution in [3.8, 4) is 0 Å². The summed E-state index contributed by atoms with van der Waals surface area (Å²) < 4.78 is 2.46. The smallest absolute Gasteiger partial charge is 0.0782 e. The lowest BCUT2D eigenvalue weighted by atomic mass is 10.1. The fraction of sp³-hybridized carbons (Fsp3) is 1.00. The third kappa shape index (κ3) is 19.2. The Morgan fingerprint density at radius 2 is 0.536 bits per heavy atom. The predicted molar refractivity (Wildman–Crippen MR) is 129 cm³/mol. The molecule has 0 fully saturated rings. The average molecular weight is 399 g/mol. The minimum absolute atomic E-state index is 1.23. The molecule has 2 heteroatoms. The minimum atomic E-state index is 1.23. The van der Waals surface area contributed by atoms with Crippen molar-refractivity contribution in [3.05, 3.63) is 0 Å². The molecule has 0 unspecified atom stereocenters. The van der Waals surface area contributed by atoms with Gasteiger partial charge < -0.3 is 8.97 Å². The molecular weight excluding hydrogens is 340 g/mol. The van der Waals surface area contributed by atoms with Gasteiger partial charge in [0.15, 0.2) is 0 Å². The first-order chi connectivity index (χ1) is 13.3. The van der Waals surface area contributed by atoms with Gasteiger partial charge in [-0.1, -0.05) is 65.2 Å². The van der Waals surface area contributed by atoms with Crippen LogP contribution in [0, 0.1) is 0 Å². The fourth-order valence-corrected chi connectivity index (χ4v) is 4.30. The minimum Gasteiger partial charge on any atom is -0.328 e. The van der Waals surface area contributed by atoms with Crippen molar-refractivity contribution >= 4 is 0 Å². The topological polar surface area (TPSA) is 0 Å². The Morgan fingerprint density at radius 1 is 0.321 bits per heavy atom. The van der Waals surface area contributed by atoms with Gasteiger partial charge in [-0.05, 0) is 51.4 Å². The molecule has 0 amide bonds. The molecule has 0 heterocycles. The van der Waals surface area contributed by atoms with Crippen LogP contribution in [-0.2, 0) is 0 Å². The van der Waals surface area contributed by atoms with Crippen LogP contribution in [0.15, 0.2) is 0 Å². The lowest BCUT2D eigenvalue weighted by molar-refractivity contribution is -0.890. The molecule has 0 aliphatic rings. The van der Waals surface area contributed by atoms with Gasteiger partial charge in [0.2, 0.25) is 0 Å². The van der Waals surface area contributed by atoms with Crippen LogP contribution in [0.3, 0.4) is 0 Å². The molecule has 0 aromatic heterocycles. The number of unbranched alkanes of at least 4 members (excludes halogenated alkanes) is 13. The Hall–Kier alpha value is -0.0800. The van der Waals surface area contributed by atoms with E-state index in [1.165, 1.54) is 138 Å². The van der Waals surface area contributed by atoms with Gasteiger partial charge >= 0.3 is 0 Å². The number of rotatable bonds is 21. The molecular formula is C26H58N2+2. The molecule has 0 aliphatic carbocycles. The van der Waals surface area contributed by atoms with E-state index >= 15 is 0 Å². The molecule has 0 aromatic rings. The Morgan fingerprint density at radius 3 is 0.786 bits per heavy atom. The molecule has 0 spiro atoms. The van der Waals surface area contributed by atoms with Gasteiger partial charge in [-0.15, -0.1) is 0 Å². The normalized spacial score (nSPS) is 12.6. The molecule has 0 saturated heterocycles. The van der Waals surface area contributed by atoms with E-state index in [0.29, 0.717) is 0 Å². The Balaban J connectivity index is 3.45. The SMILES string of the molecule is CCCCCC[N+](C)(C)CCCCCCCCCC[N+](C)(C)CCCCCC. The van der Waals surface area contributed by atoms with Gasteiger partial charge in [0.25, 0.3) is 0 Å². The van der Waals surface area contributed by atoms with Gasteiger partial charge in [0.1, 0.15) is 0 Å². The molecule has 0 atom stereocenters. The van der Waals surface area contributed by atoms with Crippen LogP contribution in [0.1, 0.15) is 117 Å². The highest BCUT2D eigenvalue weighted by molar-refractivity contribution is 4.49. The van der Waals surface area contributed by atoms with E-state index in [4.69, 9.17) is 0 Å². The lowest BCUT2D eigenvalue weighted by Crippen LogP contribution is -2.41. The number of hydrogen-bond acceptors (Lipinski definition) is 0. The second-order valence-corrected chi connectivity index (χ2v) is 10.7. The third-order valence-electron chi connectivity index (χ3n) is 6.51. The standard InChI is InChI=1S/C26H58N2/c1-7-9-11-19-23-27(3,4)25-21-17-15-13-14-16-18-22-26-28(5,6)24-20-12-10-8-2/h7-26H2,1-6H3/q+2. The monoisotopic (exact) mass is 398 g/mol. The van der Waals surface area contributed by atoms with Gasteiger partial charge in [0.05, 0.1) is 54.4 Å². The van der Waals surface area contributed by atoms with Crippen molar-refractivity contribution in [2.45, 2.75) is 117 Å². The number of quaternary nitrogens is 2. The summed E-state index contributed by atoms with van der Waals surface area (Å²) >= 11 is 0. The molecule has 0 rings (SSSR count). The summed E-state index contributed by atoms with van der Waals surface area (Å²) in [5.41, 5.74) is 0. The van der Waals surface area contributed by atoms with E-state index < -0.39 is 0 Å². The van der Waals surface area contributed by atoms with Crippen molar-refractivity contribution < 1.29 is 8.97 Å². The zero-order chi connectivity index (χ0) is 21.1. The molecule has 0 bridgehead atoms. The maximum Gasteiger partial charge on any atom is 0.0782 e. The zero-order valence-corrected chi connectivity index (χ0v) is 21.0. The highest BCUT2D eigenvalue weighted by Crippen LogP contribution is 2.13. The van der Waals surface area contributed by atoms with Gasteiger partial charge in [-0.3, -0.25) is 0 Å². The molecule has 0 radical (unpaired) electrons. The van der Waals surface area contributed by atoms with E-state index in [-0.39, 0.29) is 0 Å². The van der Waals surface area contributed by atoms with Crippen LogP contribution in [0.4, 0.5) is 0 Å². The van der Waals surface area contributed by atoms with E-state index in [1.807, 2.05) is 0 Å². The summed E-state index contributed by atoms with van der Waals surface area (Å²) in [6.45, 7) is 10.1. The predicted octanol–water partition coefficient (Wildman–Crippen LogP) is 7.42. The Labute approximate surface area is 180 Å². The van der Waals surface area contributed by atoms with Crippen molar-refractivity contribution in [1.82, 2.24) is 0 Å². The van der Waals surface area contributed by atoms with Crippen LogP contribution < -0.4 is 0 Å². The molecule has 28 heavy (non-hydrogen) atoms. The van der Waals surface area contributed by atoms with Crippen molar-refractivity contribution in [2.75, 3.05) is 54.4 Å². The zero-order valence-electron chi connectivity index (χ0n) is 21.0. The van der Waals surface area contributed by atoms with E-state index in [0.717, 1.165) is 0 Å². The van der Waals surface area contributed by atoms with E-state index in [9.17, 15) is 0 Å². The van der Waals surface area contributed by atoms with Crippen LogP contribution in [0.25, 0.3) is 0 Å². The highest BCUT2D eigenvalue weighted by atomic mass is 15.3. The molecule has 0 aromatic carbocycles. The van der Waals surface area contributed by atoms with E-state index in [1.54, 1.807) is 0 Å². The Bertz CT molecular complexity index is 290. The van der Waals surface area contributed by atoms with Gasteiger partial charge in [-0.2, -0.15) is 0 Å². The molecule has 0 saturated carbocycles. The summed E-state index contributed by atoms with van der Waals surface area (Å²) in [6, 6.07) is 0. The Kier molecular flexibility index (Phi) is 17.7. The summed E-state index contributed by atoms with van der Waals surface area (Å²) in [6.07, 6.45) is 22.7. The maximum atomic E-state index is 2.43. The first-order valence-corrected chi connectivity index (χ1v) is 13.0. The molecule has 2 nitrogen and oxygen atoms in total. The van der Waals surface area contributed by atoms with Crippen molar-refractivity contribution in [1.29, 1.82) is 0 Å². The first-order valence-electron chi connectivity index (χ1n) is 13.0. The van der Waals surface area contributed by atoms with Gasteiger partial charge in [-0.25, -0.2) is 0 Å². The second-order valence-electron chi connectivity index (χ2n) is 10.7. The van der Waals surface area contributed by atoms with Crippen molar-refractivity contribution in [2.24, 2.45) is 0 Å². The van der Waals surface area contributed by atoms with Crippen LogP contribution in [0.2, 0.25) is 0 Å². The summed E-state index contributed by atoms with van der Waals surface area (Å²) in [4.78, 5) is 0. The number of nitrogens with zero attached hydrogens (tertiary/aromatic N) is 2. The molecule has 170 valence electrons. The lowest BCUT2D eigenvalue weighted by Gasteiger charge is -2.30. The summed E-state index contributed by atoms with van der Waals surface area (Å²) in [5, 5.41) is 0. The average Bonchev–Trinajstić information content (AvgIpc) is 2.64. The molecule has 0 aliphatic heterocycles. The van der Waals surface area contributed by atoms with Crippen LogP contribution in [0.5, 0.6) is 0 Å². The van der Waals surface area contributed by atoms with Crippen LogP contribution in [-0.4, -0.2) is 63.3 Å². The van der Waals surface area contributed by atoms with Crippen LogP contribution >= 0.6 is 0 Å². The quantitative estimate of drug-likeness (QED) is 0.139. The maximum absolute atomic E-state index is 2.43. The fourth-order valence-electron chi connectivity index (χ4n) is 4.30.